The molecule has 0 spiro atoms. The number of benzene rings is 2. The summed E-state index contributed by atoms with van der Waals surface area (Å²) in [5.41, 5.74) is 4.56. The lowest BCUT2D eigenvalue weighted by Crippen LogP contribution is -2.52. The second-order valence-electron chi connectivity index (χ2n) is 8.46. The molecule has 0 radical (unpaired) electrons. The van der Waals surface area contributed by atoms with Gasteiger partial charge in [0.2, 0.25) is 5.91 Å². The number of rotatable bonds is 4. The van der Waals surface area contributed by atoms with Crippen LogP contribution in [0.15, 0.2) is 54.1 Å². The number of nitrogens with zero attached hydrogens (tertiary/aromatic N) is 1. The summed E-state index contributed by atoms with van der Waals surface area (Å²) in [6.45, 7) is 3.21. The highest BCUT2D eigenvalue weighted by Crippen LogP contribution is 2.48. The van der Waals surface area contributed by atoms with E-state index in [0.717, 1.165) is 30.7 Å². The van der Waals surface area contributed by atoms with Gasteiger partial charge in [0.1, 0.15) is 5.75 Å². The molecule has 4 rings (SSSR count). The molecule has 2 aliphatic rings. The molecule has 2 atom stereocenters. The van der Waals surface area contributed by atoms with E-state index in [4.69, 9.17) is 9.47 Å². The molecule has 31 heavy (non-hydrogen) atoms. The Balaban J connectivity index is 1.64. The monoisotopic (exact) mass is 420 g/mol. The zero-order chi connectivity index (χ0) is 22.2. The second kappa shape index (κ2) is 8.19. The second-order valence-corrected chi connectivity index (χ2v) is 8.46. The largest absolute Gasteiger partial charge is 0.497 e. The number of carbonyl (C=O) groups is 2. The highest BCUT2D eigenvalue weighted by Gasteiger charge is 2.46. The van der Waals surface area contributed by atoms with Crippen molar-refractivity contribution >= 4 is 17.6 Å². The van der Waals surface area contributed by atoms with E-state index in [1.165, 1.54) is 18.2 Å². The third kappa shape index (κ3) is 3.83. The number of carbonyl (C=O) groups excluding carboxylic acids is 2. The molecule has 2 aromatic carbocycles. The highest BCUT2D eigenvalue weighted by atomic mass is 16.5. The van der Waals surface area contributed by atoms with Gasteiger partial charge in [-0.05, 0) is 79.5 Å². The van der Waals surface area contributed by atoms with E-state index < -0.39 is 5.97 Å². The molecular weight excluding hydrogens is 392 g/mol. The first-order valence-corrected chi connectivity index (χ1v) is 10.4. The number of hydrogen-bond acceptors (Lipinski definition) is 5. The number of esters is 1. The molecule has 2 unspecified atom stereocenters. The quantitative estimate of drug-likeness (QED) is 0.605. The van der Waals surface area contributed by atoms with Gasteiger partial charge in [0, 0.05) is 23.2 Å². The average molecular weight is 421 g/mol. The predicted molar refractivity (Wildman–Crippen MR) is 120 cm³/mol. The molecule has 0 aromatic heterocycles. The van der Waals surface area contributed by atoms with E-state index in [2.05, 4.69) is 36.3 Å². The molecule has 1 heterocycles. The Morgan fingerprint density at radius 3 is 2.58 bits per heavy atom. The topological polar surface area (TPSA) is 67.9 Å². The SMILES string of the molecule is COC(=O)c1ccc(NC(=O)/C=C2\C3Cc4ccc(OC)cc4C2(C)CCN3C)cc1. The Morgan fingerprint density at radius 2 is 1.90 bits per heavy atom. The number of fused-ring (bicyclic) bond motifs is 4. The maximum absolute atomic E-state index is 12.9. The number of anilines is 1. The number of nitrogens with one attached hydrogen (secondary N) is 1. The first kappa shape index (κ1) is 21.1. The molecule has 1 amide bonds. The number of likely N-dealkylation sites (tertiary alicyclic amines) is 1. The highest BCUT2D eigenvalue weighted by molar-refractivity contribution is 6.00. The van der Waals surface area contributed by atoms with Gasteiger partial charge in [-0.15, -0.1) is 0 Å². The van der Waals surface area contributed by atoms with Gasteiger partial charge in [-0.2, -0.15) is 0 Å². The van der Waals surface area contributed by atoms with Crippen LogP contribution in [0, 0.1) is 0 Å². The maximum atomic E-state index is 12.9. The Kier molecular flexibility index (Phi) is 5.58. The van der Waals surface area contributed by atoms with Crippen molar-refractivity contribution in [2.75, 3.05) is 33.1 Å². The minimum Gasteiger partial charge on any atom is -0.497 e. The number of amides is 1. The Labute approximate surface area is 182 Å². The molecule has 1 aliphatic carbocycles. The van der Waals surface area contributed by atoms with Crippen LogP contribution in [0.2, 0.25) is 0 Å². The number of likely N-dealkylation sites (N-methyl/N-ethyl adjacent to an activating group) is 1. The van der Waals surface area contributed by atoms with E-state index in [0.29, 0.717) is 11.3 Å². The normalized spacial score (nSPS) is 23.7. The smallest absolute Gasteiger partial charge is 0.337 e. The number of hydrogen-bond donors (Lipinski definition) is 1. The summed E-state index contributed by atoms with van der Waals surface area (Å²) in [5.74, 6) is 0.269. The molecule has 1 saturated heterocycles. The van der Waals surface area contributed by atoms with Crippen molar-refractivity contribution < 1.29 is 19.1 Å². The van der Waals surface area contributed by atoms with Crippen molar-refractivity contribution in [2.24, 2.45) is 0 Å². The van der Waals surface area contributed by atoms with Crippen LogP contribution < -0.4 is 10.1 Å². The van der Waals surface area contributed by atoms with Crippen LogP contribution in [0.25, 0.3) is 0 Å². The Morgan fingerprint density at radius 1 is 1.16 bits per heavy atom. The summed E-state index contributed by atoms with van der Waals surface area (Å²) >= 11 is 0. The zero-order valence-corrected chi connectivity index (χ0v) is 18.4. The van der Waals surface area contributed by atoms with Crippen molar-refractivity contribution in [3.63, 3.8) is 0 Å². The van der Waals surface area contributed by atoms with Crippen LogP contribution in [-0.2, 0) is 21.4 Å². The van der Waals surface area contributed by atoms with Crippen molar-refractivity contribution in [1.29, 1.82) is 0 Å². The summed E-state index contributed by atoms with van der Waals surface area (Å²) in [6, 6.07) is 13.2. The minimum absolute atomic E-state index is 0.168. The van der Waals surface area contributed by atoms with E-state index in [9.17, 15) is 9.59 Å². The third-order valence-corrected chi connectivity index (χ3v) is 6.68. The number of ether oxygens (including phenoxy) is 2. The van der Waals surface area contributed by atoms with E-state index in [1.54, 1.807) is 37.5 Å². The summed E-state index contributed by atoms with van der Waals surface area (Å²) < 4.78 is 10.2. The van der Waals surface area contributed by atoms with Gasteiger partial charge in [-0.1, -0.05) is 13.0 Å². The summed E-state index contributed by atoms with van der Waals surface area (Å²) in [5, 5.41) is 2.93. The fraction of sp³-hybridized carbons (Fsp3) is 0.360. The average Bonchev–Trinajstić information content (AvgIpc) is 2.78. The molecular formula is C25H28N2O4. The lowest BCUT2D eigenvalue weighted by molar-refractivity contribution is -0.112. The molecule has 1 aliphatic heterocycles. The van der Waals surface area contributed by atoms with Crippen LogP contribution in [-0.4, -0.2) is 50.6 Å². The Hall–Kier alpha value is -3.12. The van der Waals surface area contributed by atoms with Gasteiger partial charge in [-0.25, -0.2) is 4.79 Å². The predicted octanol–water partition coefficient (Wildman–Crippen LogP) is 3.56. The van der Waals surface area contributed by atoms with E-state index in [1.807, 2.05) is 6.07 Å². The lowest BCUT2D eigenvalue weighted by Gasteiger charge is -2.51. The van der Waals surface area contributed by atoms with Crippen LogP contribution in [0.4, 0.5) is 5.69 Å². The lowest BCUT2D eigenvalue weighted by atomic mass is 9.61. The van der Waals surface area contributed by atoms with Gasteiger partial charge in [0.15, 0.2) is 0 Å². The van der Waals surface area contributed by atoms with Crippen LogP contribution in [0.1, 0.15) is 34.8 Å². The van der Waals surface area contributed by atoms with Gasteiger partial charge in [-0.3, -0.25) is 9.69 Å². The van der Waals surface area contributed by atoms with Crippen molar-refractivity contribution in [1.82, 2.24) is 4.90 Å². The standard InChI is InChI=1S/C25H28N2O4/c1-25-11-12-27(2)22(13-17-7-10-19(30-3)14-20(17)25)21(25)15-23(28)26-18-8-5-16(6-9-18)24(29)31-4/h5-10,14-15,22H,11-13H2,1-4H3,(H,26,28)/b21-15+. The van der Waals surface area contributed by atoms with Crippen LogP contribution >= 0.6 is 0 Å². The molecule has 6 heteroatoms. The molecule has 6 nitrogen and oxygen atoms in total. The first-order chi connectivity index (χ1) is 14.9. The van der Waals surface area contributed by atoms with E-state index in [-0.39, 0.29) is 17.4 Å². The van der Waals surface area contributed by atoms with Crippen LogP contribution in [0.3, 0.4) is 0 Å². The molecule has 2 bridgehead atoms. The fourth-order valence-electron chi connectivity index (χ4n) is 4.83. The zero-order valence-electron chi connectivity index (χ0n) is 18.4. The van der Waals surface area contributed by atoms with E-state index >= 15 is 0 Å². The maximum Gasteiger partial charge on any atom is 0.337 e. The van der Waals surface area contributed by atoms with Gasteiger partial charge >= 0.3 is 5.97 Å². The van der Waals surface area contributed by atoms with Gasteiger partial charge in [0.05, 0.1) is 19.8 Å². The van der Waals surface area contributed by atoms with Crippen molar-refractivity contribution in [3.05, 3.63) is 70.8 Å². The fourth-order valence-corrected chi connectivity index (χ4v) is 4.83. The minimum atomic E-state index is -0.403. The summed E-state index contributed by atoms with van der Waals surface area (Å²) in [4.78, 5) is 26.9. The third-order valence-electron chi connectivity index (χ3n) is 6.68. The first-order valence-electron chi connectivity index (χ1n) is 10.4. The van der Waals surface area contributed by atoms with Crippen molar-refractivity contribution in [2.45, 2.75) is 31.2 Å². The molecule has 0 saturated carbocycles. The molecule has 2 aromatic rings. The number of piperidine rings is 1. The molecule has 1 N–H and O–H groups in total. The summed E-state index contributed by atoms with van der Waals surface area (Å²) in [6.07, 6.45) is 3.57. The summed E-state index contributed by atoms with van der Waals surface area (Å²) in [7, 11) is 5.15. The van der Waals surface area contributed by atoms with Gasteiger partial charge in [0.25, 0.3) is 0 Å². The molecule has 162 valence electrons. The molecule has 1 fully saturated rings. The van der Waals surface area contributed by atoms with Crippen LogP contribution in [0.5, 0.6) is 5.75 Å². The number of methoxy groups -OCH3 is 2. The Bertz CT molecular complexity index is 1040. The van der Waals surface area contributed by atoms with Crippen molar-refractivity contribution in [3.8, 4) is 5.75 Å². The van der Waals surface area contributed by atoms with Gasteiger partial charge < -0.3 is 14.8 Å².